The lowest BCUT2D eigenvalue weighted by molar-refractivity contribution is 1.30. The summed E-state index contributed by atoms with van der Waals surface area (Å²) in [5.74, 6) is 0. The lowest BCUT2D eigenvalue weighted by atomic mass is 10.0. The fourth-order valence-electron chi connectivity index (χ4n) is 9.40. The number of benzene rings is 10. The monoisotopic (exact) mass is 811 g/mol. The van der Waals surface area contributed by atoms with Crippen LogP contribution in [0.15, 0.2) is 249 Å². The van der Waals surface area contributed by atoms with Crippen molar-refractivity contribution in [3.05, 3.63) is 249 Å². The molecule has 0 unspecified atom stereocenters. The third kappa shape index (κ3) is 6.47. The molecule has 0 saturated carbocycles. The molecule has 0 fully saturated rings. The van der Waals surface area contributed by atoms with Crippen LogP contribution in [-0.2, 0) is 0 Å². The molecule has 0 N–H and O–H groups in total. The molecule has 1 nitrogen and oxygen atoms in total. The lowest BCUT2D eigenvalue weighted by Crippen LogP contribution is -2.74. The predicted molar refractivity (Wildman–Crippen MR) is 266 cm³/mol. The second kappa shape index (κ2) is 15.7. The van der Waals surface area contributed by atoms with Crippen molar-refractivity contribution >= 4 is 88.2 Å². The summed E-state index contributed by atoms with van der Waals surface area (Å²) >= 11 is 1.89. The fraction of sp³-hybridized carbons (Fsp3) is 0. The van der Waals surface area contributed by atoms with Gasteiger partial charge in [0.25, 0.3) is 0 Å². The Morgan fingerprint density at radius 2 is 0.852 bits per heavy atom. The quantitative estimate of drug-likeness (QED) is 0.104. The zero-order valence-corrected chi connectivity index (χ0v) is 35.3. The Balaban J connectivity index is 1.11. The van der Waals surface area contributed by atoms with Gasteiger partial charge in [0.2, 0.25) is 0 Å². The maximum atomic E-state index is 2.47. The Bertz CT molecular complexity index is 3190. The number of nitrogens with zero attached hydrogens (tertiary/aromatic N) is 1. The van der Waals surface area contributed by atoms with Gasteiger partial charge in [-0.05, 0) is 84.8 Å². The van der Waals surface area contributed by atoms with Crippen molar-refractivity contribution in [2.75, 3.05) is 4.90 Å². The summed E-state index contributed by atoms with van der Waals surface area (Å²) in [4.78, 5) is 2.46. The number of rotatable bonds is 9. The first-order chi connectivity index (χ1) is 30.3. The van der Waals surface area contributed by atoms with Gasteiger partial charge in [0.15, 0.2) is 8.07 Å². The van der Waals surface area contributed by atoms with Crippen LogP contribution in [-0.4, -0.2) is 8.07 Å². The zero-order valence-electron chi connectivity index (χ0n) is 33.5. The van der Waals surface area contributed by atoms with Crippen molar-refractivity contribution in [3.63, 3.8) is 0 Å². The Labute approximate surface area is 362 Å². The summed E-state index contributed by atoms with van der Waals surface area (Å²) in [5, 5.41) is 10.6. The van der Waals surface area contributed by atoms with E-state index in [1.165, 1.54) is 73.9 Å². The standard InChI is InChI=1S/C58H41NSSi/c1-5-18-42(19-6-1)43-34-37-47(38-35-43)59(55-32-17-20-44-36-39-54-53-31-13-14-33-56(53)60-58(54)57(44)55)48-23-15-21-45(40-48)46-22-16-30-52(41-46)61(49-24-7-2-8-25-49,50-26-9-3-10-27-50)51-28-11-4-12-29-51/h1-41H. The fourth-order valence-corrected chi connectivity index (χ4v) is 15.5. The summed E-state index contributed by atoms with van der Waals surface area (Å²) < 4.78 is 2.62. The highest BCUT2D eigenvalue weighted by molar-refractivity contribution is 7.26. The smallest absolute Gasteiger partial charge is 0.179 e. The number of anilines is 3. The zero-order chi connectivity index (χ0) is 40.6. The van der Waals surface area contributed by atoms with Crippen molar-refractivity contribution < 1.29 is 0 Å². The highest BCUT2D eigenvalue weighted by Crippen LogP contribution is 2.46. The molecule has 11 aromatic rings. The van der Waals surface area contributed by atoms with E-state index < -0.39 is 8.07 Å². The molecule has 0 aliphatic carbocycles. The van der Waals surface area contributed by atoms with Crippen LogP contribution >= 0.6 is 11.3 Å². The van der Waals surface area contributed by atoms with Crippen LogP contribution in [0.1, 0.15) is 0 Å². The van der Waals surface area contributed by atoms with Gasteiger partial charge in [0.1, 0.15) is 0 Å². The van der Waals surface area contributed by atoms with E-state index in [2.05, 4.69) is 254 Å². The van der Waals surface area contributed by atoms with Gasteiger partial charge in [-0.25, -0.2) is 0 Å². The molecule has 10 aromatic carbocycles. The summed E-state index contributed by atoms with van der Waals surface area (Å²) in [5.41, 5.74) is 8.16. The van der Waals surface area contributed by atoms with Crippen LogP contribution in [0.4, 0.5) is 17.1 Å². The molecule has 0 spiro atoms. The molecule has 0 atom stereocenters. The maximum absolute atomic E-state index is 2.72. The average Bonchev–Trinajstić information content (AvgIpc) is 3.73. The molecular formula is C58H41NSSi. The van der Waals surface area contributed by atoms with Crippen molar-refractivity contribution in [2.24, 2.45) is 0 Å². The minimum Gasteiger partial charge on any atom is -0.310 e. The largest absolute Gasteiger partial charge is 0.310 e. The van der Waals surface area contributed by atoms with Crippen LogP contribution in [0, 0.1) is 0 Å². The Morgan fingerprint density at radius 1 is 0.328 bits per heavy atom. The minimum absolute atomic E-state index is 1.11. The Morgan fingerprint density at radius 3 is 1.52 bits per heavy atom. The first kappa shape index (κ1) is 36.8. The SMILES string of the molecule is c1ccc(-c2ccc(N(c3cccc(-c4cccc([Si](c5ccccc5)(c5ccccc5)c5ccccc5)c4)c3)c3cccc4ccc5c6ccccc6sc5c34)cc2)cc1. The topological polar surface area (TPSA) is 3.24 Å². The molecule has 0 aliphatic rings. The van der Waals surface area contributed by atoms with E-state index in [1.807, 2.05) is 11.3 Å². The summed E-state index contributed by atoms with van der Waals surface area (Å²) in [6.45, 7) is 0. The molecule has 0 saturated heterocycles. The van der Waals surface area contributed by atoms with Crippen molar-refractivity contribution in [1.29, 1.82) is 0 Å². The minimum atomic E-state index is -2.72. The van der Waals surface area contributed by atoms with E-state index in [4.69, 9.17) is 0 Å². The van der Waals surface area contributed by atoms with E-state index in [1.54, 1.807) is 0 Å². The molecule has 11 rings (SSSR count). The molecular weight excluding hydrogens is 771 g/mol. The van der Waals surface area contributed by atoms with Gasteiger partial charge in [-0.1, -0.05) is 212 Å². The Hall–Kier alpha value is -7.30. The number of thiophene rings is 1. The highest BCUT2D eigenvalue weighted by atomic mass is 32.1. The van der Waals surface area contributed by atoms with E-state index >= 15 is 0 Å². The molecule has 61 heavy (non-hydrogen) atoms. The first-order valence-corrected chi connectivity index (χ1v) is 23.7. The lowest BCUT2D eigenvalue weighted by Gasteiger charge is -2.34. The summed E-state index contributed by atoms with van der Waals surface area (Å²) in [6, 6.07) is 91.9. The van der Waals surface area contributed by atoms with E-state index in [-0.39, 0.29) is 0 Å². The predicted octanol–water partition coefficient (Wildman–Crippen LogP) is 13.4. The average molecular weight is 812 g/mol. The van der Waals surface area contributed by atoms with Crippen molar-refractivity contribution in [1.82, 2.24) is 0 Å². The molecule has 288 valence electrons. The van der Waals surface area contributed by atoms with Gasteiger partial charge in [0.05, 0.1) is 5.69 Å². The molecule has 1 aromatic heterocycles. The second-order valence-electron chi connectivity index (χ2n) is 15.6. The van der Waals surface area contributed by atoms with E-state index in [0.717, 1.165) is 17.1 Å². The first-order valence-electron chi connectivity index (χ1n) is 20.9. The van der Waals surface area contributed by atoms with Crippen LogP contribution in [0.25, 0.3) is 53.2 Å². The molecule has 0 aliphatic heterocycles. The van der Waals surface area contributed by atoms with Crippen LogP contribution < -0.4 is 25.6 Å². The van der Waals surface area contributed by atoms with Gasteiger partial charge in [-0.2, -0.15) is 0 Å². The third-order valence-corrected chi connectivity index (χ3v) is 18.2. The van der Waals surface area contributed by atoms with E-state index in [9.17, 15) is 0 Å². The van der Waals surface area contributed by atoms with Crippen molar-refractivity contribution in [3.8, 4) is 22.3 Å². The van der Waals surface area contributed by atoms with Crippen molar-refractivity contribution in [2.45, 2.75) is 0 Å². The van der Waals surface area contributed by atoms with Crippen LogP contribution in [0.5, 0.6) is 0 Å². The number of hydrogen-bond donors (Lipinski definition) is 0. The maximum Gasteiger partial charge on any atom is 0.179 e. The van der Waals surface area contributed by atoms with Gasteiger partial charge in [0, 0.05) is 36.9 Å². The van der Waals surface area contributed by atoms with Gasteiger partial charge < -0.3 is 4.90 Å². The summed E-state index contributed by atoms with van der Waals surface area (Å²) in [7, 11) is -2.72. The molecule has 3 heteroatoms. The third-order valence-electron chi connectivity index (χ3n) is 12.2. The summed E-state index contributed by atoms with van der Waals surface area (Å²) in [6.07, 6.45) is 0. The Kier molecular flexibility index (Phi) is 9.46. The number of fused-ring (bicyclic) bond motifs is 5. The van der Waals surface area contributed by atoms with E-state index in [0.29, 0.717) is 0 Å². The molecule has 0 amide bonds. The van der Waals surface area contributed by atoms with Crippen LogP contribution in [0.3, 0.4) is 0 Å². The van der Waals surface area contributed by atoms with Gasteiger partial charge in [-0.3, -0.25) is 0 Å². The highest BCUT2D eigenvalue weighted by Gasteiger charge is 2.41. The normalized spacial score (nSPS) is 11.6. The second-order valence-corrected chi connectivity index (χ2v) is 20.5. The molecule has 0 radical (unpaired) electrons. The number of hydrogen-bond acceptors (Lipinski definition) is 2. The molecule has 1 heterocycles. The molecule has 0 bridgehead atoms. The van der Waals surface area contributed by atoms with Gasteiger partial charge in [-0.15, -0.1) is 11.3 Å². The van der Waals surface area contributed by atoms with Gasteiger partial charge >= 0.3 is 0 Å². The van der Waals surface area contributed by atoms with Crippen LogP contribution in [0.2, 0.25) is 0 Å².